The van der Waals surface area contributed by atoms with Crippen molar-refractivity contribution < 1.29 is 17.9 Å². The van der Waals surface area contributed by atoms with Gasteiger partial charge in [-0.2, -0.15) is 0 Å². The predicted molar refractivity (Wildman–Crippen MR) is 66.4 cm³/mol. The zero-order chi connectivity index (χ0) is 13.4. The van der Waals surface area contributed by atoms with Gasteiger partial charge < -0.3 is 4.74 Å². The quantitative estimate of drug-likeness (QED) is 0.712. The Morgan fingerprint density at radius 3 is 2.67 bits per heavy atom. The predicted octanol–water partition coefficient (Wildman–Crippen LogP) is 0.107. The van der Waals surface area contributed by atoms with Crippen molar-refractivity contribution in [3.63, 3.8) is 0 Å². The summed E-state index contributed by atoms with van der Waals surface area (Å²) in [6.45, 7) is 1.57. The number of carbonyl (C=O) groups is 1. The number of esters is 1. The van der Waals surface area contributed by atoms with Gasteiger partial charge in [0.25, 0.3) is 0 Å². The van der Waals surface area contributed by atoms with Gasteiger partial charge in [-0.3, -0.25) is 9.78 Å². The molecule has 1 rings (SSSR count). The maximum absolute atomic E-state index is 11.6. The molecule has 1 aromatic rings. The second-order valence-electron chi connectivity index (χ2n) is 3.55. The molecule has 0 aromatic carbocycles. The van der Waals surface area contributed by atoms with E-state index >= 15 is 0 Å². The SMILES string of the molecule is CCOC(=O)CNS(=O)(=O)CCc1ccncc1. The Morgan fingerprint density at radius 1 is 1.39 bits per heavy atom. The molecular formula is C11H16N2O4S. The number of sulfonamides is 1. The first kappa shape index (κ1) is 14.6. The van der Waals surface area contributed by atoms with Crippen molar-refractivity contribution in [3.05, 3.63) is 30.1 Å². The van der Waals surface area contributed by atoms with Gasteiger partial charge in [-0.15, -0.1) is 0 Å². The molecule has 7 heteroatoms. The lowest BCUT2D eigenvalue weighted by Gasteiger charge is -2.06. The van der Waals surface area contributed by atoms with Crippen LogP contribution in [0.5, 0.6) is 0 Å². The number of nitrogens with one attached hydrogen (secondary N) is 1. The van der Waals surface area contributed by atoms with E-state index in [2.05, 4.69) is 14.4 Å². The van der Waals surface area contributed by atoms with Gasteiger partial charge in [0.15, 0.2) is 0 Å². The van der Waals surface area contributed by atoms with E-state index in [0.717, 1.165) is 5.56 Å². The monoisotopic (exact) mass is 272 g/mol. The molecule has 1 N–H and O–H groups in total. The molecule has 1 aromatic heterocycles. The van der Waals surface area contributed by atoms with Crippen molar-refractivity contribution in [1.29, 1.82) is 0 Å². The van der Waals surface area contributed by atoms with Crippen molar-refractivity contribution in [2.24, 2.45) is 0 Å². The Balaban J connectivity index is 2.38. The smallest absolute Gasteiger partial charge is 0.320 e. The Labute approximate surface area is 106 Å². The molecule has 0 atom stereocenters. The Kier molecular flexibility index (Phi) is 5.73. The highest BCUT2D eigenvalue weighted by molar-refractivity contribution is 7.89. The minimum Gasteiger partial charge on any atom is -0.465 e. The molecule has 0 aliphatic heterocycles. The number of nitrogens with zero attached hydrogens (tertiary/aromatic N) is 1. The van der Waals surface area contributed by atoms with Gasteiger partial charge in [-0.25, -0.2) is 13.1 Å². The van der Waals surface area contributed by atoms with Crippen molar-refractivity contribution in [3.8, 4) is 0 Å². The van der Waals surface area contributed by atoms with Crippen LogP contribution in [0.1, 0.15) is 12.5 Å². The fourth-order valence-electron chi connectivity index (χ4n) is 1.25. The minimum atomic E-state index is -3.46. The summed E-state index contributed by atoms with van der Waals surface area (Å²) in [5.41, 5.74) is 0.881. The van der Waals surface area contributed by atoms with Crippen molar-refractivity contribution >= 4 is 16.0 Å². The van der Waals surface area contributed by atoms with Crippen LogP contribution < -0.4 is 4.72 Å². The first-order valence-electron chi connectivity index (χ1n) is 5.55. The first-order chi connectivity index (χ1) is 8.53. The average molecular weight is 272 g/mol. The lowest BCUT2D eigenvalue weighted by atomic mass is 10.2. The maximum Gasteiger partial charge on any atom is 0.320 e. The van der Waals surface area contributed by atoms with Gasteiger partial charge in [-0.1, -0.05) is 0 Å². The van der Waals surface area contributed by atoms with E-state index in [4.69, 9.17) is 0 Å². The summed E-state index contributed by atoms with van der Waals surface area (Å²) in [5.74, 6) is -0.652. The van der Waals surface area contributed by atoms with E-state index in [1.54, 1.807) is 31.5 Å². The number of carbonyl (C=O) groups excluding carboxylic acids is 1. The fraction of sp³-hybridized carbons (Fsp3) is 0.455. The second kappa shape index (κ2) is 7.07. The maximum atomic E-state index is 11.6. The van der Waals surface area contributed by atoms with Gasteiger partial charge in [-0.05, 0) is 31.0 Å². The summed E-state index contributed by atoms with van der Waals surface area (Å²) in [4.78, 5) is 14.9. The molecule has 0 aliphatic rings. The molecule has 0 spiro atoms. The molecule has 0 saturated carbocycles. The molecule has 6 nitrogen and oxygen atoms in total. The van der Waals surface area contributed by atoms with Crippen molar-refractivity contribution in [1.82, 2.24) is 9.71 Å². The number of ether oxygens (including phenoxy) is 1. The second-order valence-corrected chi connectivity index (χ2v) is 5.48. The summed E-state index contributed by atoms with van der Waals surface area (Å²) >= 11 is 0. The van der Waals surface area contributed by atoms with Gasteiger partial charge in [0.2, 0.25) is 10.0 Å². The molecular weight excluding hydrogens is 256 g/mol. The van der Waals surface area contributed by atoms with Crippen LogP contribution in [0.15, 0.2) is 24.5 Å². The van der Waals surface area contributed by atoms with Crippen molar-refractivity contribution in [2.75, 3.05) is 18.9 Å². The van der Waals surface area contributed by atoms with E-state index in [9.17, 15) is 13.2 Å². The van der Waals surface area contributed by atoms with E-state index in [1.165, 1.54) is 0 Å². The molecule has 0 saturated heterocycles. The van der Waals surface area contributed by atoms with Crippen LogP contribution in [-0.4, -0.2) is 38.3 Å². The summed E-state index contributed by atoms with van der Waals surface area (Å²) in [6, 6.07) is 3.50. The normalized spacial score (nSPS) is 11.2. The van der Waals surface area contributed by atoms with Crippen LogP contribution in [0.2, 0.25) is 0 Å². The lowest BCUT2D eigenvalue weighted by Crippen LogP contribution is -2.33. The summed E-state index contributed by atoms with van der Waals surface area (Å²) in [6.07, 6.45) is 3.59. The van der Waals surface area contributed by atoms with Gasteiger partial charge >= 0.3 is 5.97 Å². The number of rotatable bonds is 7. The Bertz CT molecular complexity index is 473. The average Bonchev–Trinajstić information content (AvgIpc) is 2.36. The van der Waals surface area contributed by atoms with Crippen LogP contribution in [0.25, 0.3) is 0 Å². The molecule has 0 radical (unpaired) electrons. The zero-order valence-corrected chi connectivity index (χ0v) is 10.9. The molecule has 18 heavy (non-hydrogen) atoms. The molecule has 0 bridgehead atoms. The third-order valence-corrected chi connectivity index (χ3v) is 3.48. The highest BCUT2D eigenvalue weighted by Gasteiger charge is 2.12. The molecule has 0 fully saturated rings. The first-order valence-corrected chi connectivity index (χ1v) is 7.20. The number of hydrogen-bond donors (Lipinski definition) is 1. The number of aromatic nitrogens is 1. The highest BCUT2D eigenvalue weighted by Crippen LogP contribution is 1.99. The zero-order valence-electron chi connectivity index (χ0n) is 10.1. The largest absolute Gasteiger partial charge is 0.465 e. The van der Waals surface area contributed by atoms with E-state index in [-0.39, 0.29) is 18.9 Å². The number of hydrogen-bond acceptors (Lipinski definition) is 5. The van der Waals surface area contributed by atoms with Gasteiger partial charge in [0.1, 0.15) is 6.54 Å². The summed E-state index contributed by atoms with van der Waals surface area (Å²) < 4.78 is 30.0. The van der Waals surface area contributed by atoms with E-state index < -0.39 is 16.0 Å². The molecule has 0 aliphatic carbocycles. The van der Waals surface area contributed by atoms with E-state index in [1.807, 2.05) is 0 Å². The van der Waals surface area contributed by atoms with Gasteiger partial charge in [0.05, 0.1) is 12.4 Å². The molecule has 0 unspecified atom stereocenters. The Morgan fingerprint density at radius 2 is 2.06 bits per heavy atom. The number of pyridine rings is 1. The fourth-order valence-corrected chi connectivity index (χ4v) is 2.24. The molecule has 0 amide bonds. The van der Waals surface area contributed by atoms with Crippen LogP contribution >= 0.6 is 0 Å². The number of aryl methyl sites for hydroxylation is 1. The standard InChI is InChI=1S/C11H16N2O4S/c1-2-17-11(14)9-13-18(15,16)8-5-10-3-6-12-7-4-10/h3-4,6-7,13H,2,5,8-9H2,1H3. The third-order valence-electron chi connectivity index (χ3n) is 2.15. The molecule has 1 heterocycles. The Hall–Kier alpha value is -1.47. The third kappa shape index (κ3) is 5.74. The van der Waals surface area contributed by atoms with Crippen molar-refractivity contribution in [2.45, 2.75) is 13.3 Å². The topological polar surface area (TPSA) is 85.4 Å². The summed E-state index contributed by atoms with van der Waals surface area (Å²) in [5, 5.41) is 0. The lowest BCUT2D eigenvalue weighted by molar-refractivity contribution is -0.141. The van der Waals surface area contributed by atoms with E-state index in [0.29, 0.717) is 6.42 Å². The van der Waals surface area contributed by atoms with Crippen LogP contribution in [0, 0.1) is 0 Å². The highest BCUT2D eigenvalue weighted by atomic mass is 32.2. The van der Waals surface area contributed by atoms with Crippen LogP contribution in [0.3, 0.4) is 0 Å². The minimum absolute atomic E-state index is 0.0730. The van der Waals surface area contributed by atoms with Crippen LogP contribution in [-0.2, 0) is 26.0 Å². The summed E-state index contributed by atoms with van der Waals surface area (Å²) in [7, 11) is -3.46. The van der Waals surface area contributed by atoms with Crippen LogP contribution in [0.4, 0.5) is 0 Å². The molecule has 100 valence electrons. The van der Waals surface area contributed by atoms with Gasteiger partial charge in [0, 0.05) is 12.4 Å².